The van der Waals surface area contributed by atoms with E-state index in [0.717, 1.165) is 11.9 Å². The number of carbonyl (C=O) groups is 1. The summed E-state index contributed by atoms with van der Waals surface area (Å²) in [4.78, 5) is 16.0. The minimum Gasteiger partial charge on any atom is -0.489 e. The summed E-state index contributed by atoms with van der Waals surface area (Å²) in [6.07, 6.45) is 5.17. The van der Waals surface area contributed by atoms with Gasteiger partial charge in [-0.25, -0.2) is 0 Å². The van der Waals surface area contributed by atoms with E-state index in [1.54, 1.807) is 30.3 Å². The number of H-pyrrole nitrogens is 1. The molecule has 0 radical (unpaired) electrons. The molecule has 31 heavy (non-hydrogen) atoms. The number of hydrogen-bond donors (Lipinski definition) is 2. The Kier molecular flexibility index (Phi) is 6.04. The van der Waals surface area contributed by atoms with E-state index in [2.05, 4.69) is 41.5 Å². The topological polar surface area (TPSA) is 91.0 Å². The van der Waals surface area contributed by atoms with Gasteiger partial charge < -0.3 is 19.5 Å². The number of hydrogen-bond acceptors (Lipinski definition) is 4. The number of nitriles is 1. The van der Waals surface area contributed by atoms with Crippen LogP contribution in [0.1, 0.15) is 39.7 Å². The number of nitrogens with zero attached hydrogens (tertiary/aromatic N) is 1. The fourth-order valence-electron chi connectivity index (χ4n) is 3.63. The summed E-state index contributed by atoms with van der Waals surface area (Å²) in [5, 5.41) is 13.1. The van der Waals surface area contributed by atoms with Crippen molar-refractivity contribution < 1.29 is 13.9 Å². The van der Waals surface area contributed by atoms with Crippen LogP contribution < -0.4 is 10.1 Å². The monoisotopic (exact) mass is 413 g/mol. The number of rotatable bonds is 8. The molecule has 6 nitrogen and oxygen atoms in total. The van der Waals surface area contributed by atoms with Crippen LogP contribution in [-0.2, 0) is 19.4 Å². The number of furan rings is 1. The van der Waals surface area contributed by atoms with Gasteiger partial charge in [0.05, 0.1) is 17.9 Å². The molecule has 2 heterocycles. The minimum atomic E-state index is -0.275. The molecular formula is C25H23N3O3. The number of carbonyl (C=O) groups excluding carboxylic acids is 1. The highest BCUT2D eigenvalue weighted by molar-refractivity contribution is 5.93. The fraction of sp³-hybridized carbons (Fsp3) is 0.200. The van der Waals surface area contributed by atoms with Crippen LogP contribution in [-0.4, -0.2) is 17.4 Å². The molecular weight excluding hydrogens is 390 g/mol. The molecule has 2 aromatic carbocycles. The van der Waals surface area contributed by atoms with Gasteiger partial charge in [-0.3, -0.25) is 4.79 Å². The predicted octanol–water partition coefficient (Wildman–Crippen LogP) is 4.75. The number of aromatic nitrogens is 1. The average Bonchev–Trinajstić information content (AvgIpc) is 3.45. The first-order valence-electron chi connectivity index (χ1n) is 10.2. The zero-order valence-corrected chi connectivity index (χ0v) is 17.3. The van der Waals surface area contributed by atoms with E-state index in [9.17, 15) is 4.79 Å². The van der Waals surface area contributed by atoms with Crippen molar-refractivity contribution in [1.29, 1.82) is 5.26 Å². The number of ether oxygens (including phenoxy) is 1. The fourth-order valence-corrected chi connectivity index (χ4v) is 3.63. The Hall–Kier alpha value is -3.98. The molecule has 4 rings (SSSR count). The molecule has 6 heteroatoms. The minimum absolute atomic E-state index is 0.177. The summed E-state index contributed by atoms with van der Waals surface area (Å²) in [5.74, 6) is 0.532. The van der Waals surface area contributed by atoms with Crippen molar-refractivity contribution in [2.24, 2.45) is 0 Å². The van der Waals surface area contributed by atoms with Crippen molar-refractivity contribution in [1.82, 2.24) is 10.3 Å². The summed E-state index contributed by atoms with van der Waals surface area (Å²) in [6.45, 7) is 2.81. The van der Waals surface area contributed by atoms with Gasteiger partial charge >= 0.3 is 0 Å². The van der Waals surface area contributed by atoms with Crippen molar-refractivity contribution in [3.63, 3.8) is 0 Å². The molecule has 156 valence electrons. The average molecular weight is 413 g/mol. The Morgan fingerprint density at radius 1 is 1.16 bits per heavy atom. The van der Waals surface area contributed by atoms with Gasteiger partial charge in [-0.15, -0.1) is 0 Å². The van der Waals surface area contributed by atoms with Crippen LogP contribution in [0.5, 0.6) is 5.75 Å². The van der Waals surface area contributed by atoms with Crippen LogP contribution >= 0.6 is 0 Å². The molecule has 0 bridgehead atoms. The van der Waals surface area contributed by atoms with Crippen molar-refractivity contribution in [2.45, 2.75) is 26.4 Å². The molecule has 0 spiro atoms. The first-order chi connectivity index (χ1) is 15.2. The lowest BCUT2D eigenvalue weighted by atomic mass is 10.1. The number of aryl methyl sites for hydroxylation is 1. The van der Waals surface area contributed by atoms with Crippen LogP contribution in [0.3, 0.4) is 0 Å². The summed E-state index contributed by atoms with van der Waals surface area (Å²) in [5.41, 5.74) is 4.79. The number of nitrogens with one attached hydrogen (secondary N) is 2. The molecule has 0 aliphatic carbocycles. The Bertz CT molecular complexity index is 1250. The van der Waals surface area contributed by atoms with E-state index in [1.165, 1.54) is 22.8 Å². The third-order valence-electron chi connectivity index (χ3n) is 5.26. The van der Waals surface area contributed by atoms with Crippen LogP contribution in [0.4, 0.5) is 0 Å². The van der Waals surface area contributed by atoms with Crippen molar-refractivity contribution >= 4 is 16.8 Å². The molecule has 1 amide bonds. The third kappa shape index (κ3) is 4.46. The van der Waals surface area contributed by atoms with Gasteiger partial charge in [0.15, 0.2) is 5.76 Å². The molecule has 0 saturated carbocycles. The molecule has 2 aromatic heterocycles. The van der Waals surface area contributed by atoms with E-state index in [0.29, 0.717) is 29.8 Å². The zero-order valence-electron chi connectivity index (χ0n) is 17.3. The highest BCUT2D eigenvalue weighted by atomic mass is 16.5. The van der Waals surface area contributed by atoms with Gasteiger partial charge in [0.25, 0.3) is 5.91 Å². The normalized spacial score (nSPS) is 10.7. The van der Waals surface area contributed by atoms with E-state index in [4.69, 9.17) is 14.4 Å². The Morgan fingerprint density at radius 2 is 2.03 bits per heavy atom. The van der Waals surface area contributed by atoms with Gasteiger partial charge in [0.1, 0.15) is 12.4 Å². The summed E-state index contributed by atoms with van der Waals surface area (Å²) in [6, 6.07) is 17.0. The lowest BCUT2D eigenvalue weighted by molar-refractivity contribution is 0.0923. The predicted molar refractivity (Wildman–Crippen MR) is 118 cm³/mol. The van der Waals surface area contributed by atoms with Gasteiger partial charge in [-0.05, 0) is 48.2 Å². The van der Waals surface area contributed by atoms with Crippen LogP contribution in [0, 0.1) is 11.3 Å². The van der Waals surface area contributed by atoms with Crippen molar-refractivity contribution in [2.75, 3.05) is 6.54 Å². The van der Waals surface area contributed by atoms with Gasteiger partial charge in [0, 0.05) is 29.2 Å². The summed E-state index contributed by atoms with van der Waals surface area (Å²) < 4.78 is 11.1. The third-order valence-corrected chi connectivity index (χ3v) is 5.26. The first-order valence-corrected chi connectivity index (χ1v) is 10.2. The maximum absolute atomic E-state index is 12.6. The van der Waals surface area contributed by atoms with Crippen LogP contribution in [0.15, 0.2) is 65.4 Å². The SMILES string of the molecule is CCc1cccc2c(CCNC(=O)c3occc3COc3cccc(C#N)c3)c[nH]c12. The molecule has 0 fully saturated rings. The van der Waals surface area contributed by atoms with Crippen LogP contribution in [0.2, 0.25) is 0 Å². The number of aromatic amines is 1. The second kappa shape index (κ2) is 9.23. The smallest absolute Gasteiger partial charge is 0.287 e. The molecule has 0 aliphatic heterocycles. The maximum Gasteiger partial charge on any atom is 0.287 e. The largest absolute Gasteiger partial charge is 0.489 e. The Balaban J connectivity index is 1.36. The number of amides is 1. The maximum atomic E-state index is 12.6. The van der Waals surface area contributed by atoms with Gasteiger partial charge in [0.2, 0.25) is 0 Å². The molecule has 2 N–H and O–H groups in total. The molecule has 0 unspecified atom stereocenters. The molecule has 0 atom stereocenters. The second-order valence-electron chi connectivity index (χ2n) is 7.22. The van der Waals surface area contributed by atoms with Crippen LogP contribution in [0.25, 0.3) is 10.9 Å². The number of fused-ring (bicyclic) bond motifs is 1. The highest BCUT2D eigenvalue weighted by Gasteiger charge is 2.16. The lowest BCUT2D eigenvalue weighted by Crippen LogP contribution is -2.26. The molecule has 4 aromatic rings. The number of para-hydroxylation sites is 1. The highest BCUT2D eigenvalue weighted by Crippen LogP contribution is 2.22. The lowest BCUT2D eigenvalue weighted by Gasteiger charge is -2.08. The Labute approximate surface area is 180 Å². The number of benzene rings is 2. The van der Waals surface area contributed by atoms with Gasteiger partial charge in [-0.1, -0.05) is 31.2 Å². The summed E-state index contributed by atoms with van der Waals surface area (Å²) >= 11 is 0. The molecule has 0 saturated heterocycles. The van der Waals surface area contributed by atoms with Crippen molar-refractivity contribution in [3.8, 4) is 11.8 Å². The van der Waals surface area contributed by atoms with E-state index in [1.807, 2.05) is 6.20 Å². The zero-order chi connectivity index (χ0) is 21.6. The summed E-state index contributed by atoms with van der Waals surface area (Å²) in [7, 11) is 0. The van der Waals surface area contributed by atoms with Crippen molar-refractivity contribution in [3.05, 3.63) is 89.0 Å². The molecule has 0 aliphatic rings. The van der Waals surface area contributed by atoms with E-state index < -0.39 is 0 Å². The quantitative estimate of drug-likeness (QED) is 0.436. The Morgan fingerprint density at radius 3 is 2.87 bits per heavy atom. The first kappa shape index (κ1) is 20.3. The second-order valence-corrected chi connectivity index (χ2v) is 7.22. The standard InChI is InChI=1S/C25H23N3O3/c1-2-18-6-4-8-22-19(15-28-23(18)22)9-11-27-25(29)24-20(10-12-30-24)16-31-21-7-3-5-17(13-21)14-26/h3-8,10,12-13,15,28H,2,9,11,16H2,1H3,(H,27,29). The van der Waals surface area contributed by atoms with Gasteiger partial charge in [-0.2, -0.15) is 5.26 Å². The van der Waals surface area contributed by atoms with E-state index >= 15 is 0 Å². The van der Waals surface area contributed by atoms with E-state index in [-0.39, 0.29) is 18.3 Å².